The second kappa shape index (κ2) is 11.8. The first-order valence-corrected chi connectivity index (χ1v) is 16.4. The predicted molar refractivity (Wildman–Crippen MR) is 177 cm³/mol. The van der Waals surface area contributed by atoms with Crippen molar-refractivity contribution < 1.29 is 23.9 Å². The zero-order chi connectivity index (χ0) is 30.6. The smallest absolute Gasteiger partial charge is 0.318 e. The summed E-state index contributed by atoms with van der Waals surface area (Å²) >= 11 is 12.9. The van der Waals surface area contributed by atoms with Crippen LogP contribution in [-0.4, -0.2) is 46.4 Å². The number of carbonyl (C=O) groups excluding carboxylic acids is 3. The van der Waals surface area contributed by atoms with Crippen molar-refractivity contribution in [2.45, 2.75) is 44.6 Å². The molecule has 2 amide bonds. The summed E-state index contributed by atoms with van der Waals surface area (Å²) in [5.74, 6) is -0.513. The van der Waals surface area contributed by atoms with Crippen molar-refractivity contribution in [3.05, 3.63) is 82.7 Å². The van der Waals surface area contributed by atoms with Gasteiger partial charge in [0.2, 0.25) is 5.91 Å². The number of amides is 2. The lowest BCUT2D eigenvalue weighted by molar-refractivity contribution is -0.157. The standard InChI is InChI=1S/C29H26Br3IN4O5/c1-28(2,27(40)41-4)25-34-18(13-36(25)15-42-14-16-8-6-5-7-9-16)20(12-33)37-21(38)11-29(37)22-19(35(3)26(29)39)10-17(30)23(31)24(22)32/h5-10,12-13H,11,14-15H2,1-4H3/b20-12+. The van der Waals surface area contributed by atoms with Crippen LogP contribution in [0.4, 0.5) is 5.69 Å². The molecule has 1 spiro atoms. The Morgan fingerprint density at radius 2 is 1.86 bits per heavy atom. The Bertz CT molecular complexity index is 1640. The van der Waals surface area contributed by atoms with Crippen LogP contribution in [0, 0.1) is 0 Å². The molecule has 0 N–H and O–H groups in total. The predicted octanol–water partition coefficient (Wildman–Crippen LogP) is 6.63. The van der Waals surface area contributed by atoms with Gasteiger partial charge in [0.05, 0.1) is 31.5 Å². The summed E-state index contributed by atoms with van der Waals surface area (Å²) in [6, 6.07) is 11.6. The zero-order valence-electron chi connectivity index (χ0n) is 23.1. The van der Waals surface area contributed by atoms with Crippen LogP contribution in [0.1, 0.15) is 42.9 Å². The maximum atomic E-state index is 13.9. The van der Waals surface area contributed by atoms with E-state index in [1.54, 1.807) is 40.6 Å². The Hall–Kier alpha value is -2.07. The molecule has 2 aliphatic heterocycles. The fourth-order valence-electron chi connectivity index (χ4n) is 5.48. The molecule has 1 saturated heterocycles. The van der Waals surface area contributed by atoms with Crippen molar-refractivity contribution in [3.63, 3.8) is 0 Å². The van der Waals surface area contributed by atoms with Gasteiger partial charge in [0.15, 0.2) is 5.54 Å². The fourth-order valence-corrected chi connectivity index (χ4v) is 7.82. The van der Waals surface area contributed by atoms with Crippen LogP contribution in [0.25, 0.3) is 5.70 Å². The summed E-state index contributed by atoms with van der Waals surface area (Å²) < 4.78 is 16.8. The Morgan fingerprint density at radius 3 is 2.48 bits per heavy atom. The molecule has 0 bridgehead atoms. The number of fused-ring (bicyclic) bond motifs is 2. The molecule has 1 unspecified atom stereocenters. The largest absolute Gasteiger partial charge is 0.468 e. The van der Waals surface area contributed by atoms with E-state index in [0.717, 1.165) is 14.5 Å². The lowest BCUT2D eigenvalue weighted by Crippen LogP contribution is -2.64. The number of β-lactam (4-membered cyclic amide) rings is 1. The maximum Gasteiger partial charge on any atom is 0.318 e. The summed E-state index contributed by atoms with van der Waals surface area (Å²) in [7, 11) is 3.03. The van der Waals surface area contributed by atoms with E-state index in [9.17, 15) is 14.4 Å². The monoisotopic (exact) mass is 874 g/mol. The van der Waals surface area contributed by atoms with E-state index in [1.165, 1.54) is 12.0 Å². The number of aromatic nitrogens is 2. The minimum absolute atomic E-state index is 0.00519. The van der Waals surface area contributed by atoms with Crippen LogP contribution in [0.5, 0.6) is 0 Å². The SMILES string of the molecule is COC(=O)C(C)(C)c1nc(/C(=C\I)N2C(=O)CC23C(=O)N(C)c2cc(Br)c(Br)c(Br)c23)cn1COCc1ccccc1. The second-order valence-electron chi connectivity index (χ2n) is 10.5. The highest BCUT2D eigenvalue weighted by molar-refractivity contribution is 14.1. The van der Waals surface area contributed by atoms with Crippen LogP contribution < -0.4 is 4.90 Å². The van der Waals surface area contributed by atoms with Gasteiger partial charge in [-0.05, 0) is 73.3 Å². The lowest BCUT2D eigenvalue weighted by Gasteiger charge is -2.49. The molecule has 9 nitrogen and oxygen atoms in total. The summed E-state index contributed by atoms with van der Waals surface area (Å²) in [5, 5.41) is 0. The van der Waals surface area contributed by atoms with Gasteiger partial charge >= 0.3 is 5.97 Å². The van der Waals surface area contributed by atoms with Crippen molar-refractivity contribution in [1.29, 1.82) is 0 Å². The number of esters is 1. The molecule has 220 valence electrons. The van der Waals surface area contributed by atoms with Gasteiger partial charge in [0.1, 0.15) is 23.7 Å². The number of rotatable bonds is 8. The molecule has 2 aromatic carbocycles. The van der Waals surface area contributed by atoms with Gasteiger partial charge in [-0.1, -0.05) is 52.9 Å². The minimum Gasteiger partial charge on any atom is -0.468 e. The molecule has 1 atom stereocenters. The van der Waals surface area contributed by atoms with Crippen LogP contribution in [0.2, 0.25) is 0 Å². The molecule has 0 aliphatic carbocycles. The number of nitrogens with zero attached hydrogens (tertiary/aromatic N) is 4. The van der Waals surface area contributed by atoms with Crippen molar-refractivity contribution >= 4 is 99.5 Å². The number of likely N-dealkylation sites (N-methyl/N-ethyl adjacent to an activating group) is 1. The number of carbonyl (C=O) groups is 3. The molecule has 1 aromatic heterocycles. The van der Waals surface area contributed by atoms with Crippen LogP contribution in [0.15, 0.2) is 60.1 Å². The number of hydrogen-bond donors (Lipinski definition) is 0. The molecular formula is C29H26Br3IN4O5. The Kier molecular flexibility index (Phi) is 8.80. The normalized spacial score (nSPS) is 18.5. The minimum atomic E-state index is -1.26. The highest BCUT2D eigenvalue weighted by atomic mass is 127. The number of methoxy groups -OCH3 is 1. The number of halogens is 4. The summed E-state index contributed by atoms with van der Waals surface area (Å²) in [5.41, 5.74) is 0.858. The van der Waals surface area contributed by atoms with Gasteiger partial charge in [0.25, 0.3) is 5.91 Å². The summed E-state index contributed by atoms with van der Waals surface area (Å²) in [6.07, 6.45) is 1.75. The molecule has 1 fully saturated rings. The topological polar surface area (TPSA) is 94.0 Å². The van der Waals surface area contributed by atoms with Gasteiger partial charge in [-0.25, -0.2) is 4.98 Å². The summed E-state index contributed by atoms with van der Waals surface area (Å²) in [4.78, 5) is 48.1. The van der Waals surface area contributed by atoms with E-state index in [-0.39, 0.29) is 25.0 Å². The number of ether oxygens (including phenoxy) is 2. The van der Waals surface area contributed by atoms with Crippen molar-refractivity contribution in [3.8, 4) is 0 Å². The summed E-state index contributed by atoms with van der Waals surface area (Å²) in [6.45, 7) is 3.90. The van der Waals surface area contributed by atoms with E-state index in [4.69, 9.17) is 14.5 Å². The molecule has 0 radical (unpaired) electrons. The number of anilines is 1. The van der Waals surface area contributed by atoms with E-state index in [2.05, 4.69) is 70.4 Å². The average Bonchev–Trinajstić information content (AvgIpc) is 3.49. The van der Waals surface area contributed by atoms with E-state index < -0.39 is 16.9 Å². The quantitative estimate of drug-likeness (QED) is 0.109. The third-order valence-corrected chi connectivity index (χ3v) is 11.5. The van der Waals surface area contributed by atoms with Gasteiger partial charge < -0.3 is 18.9 Å². The zero-order valence-corrected chi connectivity index (χ0v) is 30.0. The maximum absolute atomic E-state index is 13.9. The fraction of sp³-hybridized carbons (Fsp3) is 0.310. The van der Waals surface area contributed by atoms with Crippen molar-refractivity contribution in [1.82, 2.24) is 14.5 Å². The van der Waals surface area contributed by atoms with E-state index in [0.29, 0.717) is 39.5 Å². The van der Waals surface area contributed by atoms with Crippen molar-refractivity contribution in [2.75, 3.05) is 19.1 Å². The van der Waals surface area contributed by atoms with Gasteiger partial charge in [-0.15, -0.1) is 0 Å². The Morgan fingerprint density at radius 1 is 1.17 bits per heavy atom. The van der Waals surface area contributed by atoms with Gasteiger partial charge in [-0.3, -0.25) is 19.3 Å². The average molecular weight is 877 g/mol. The molecule has 3 heterocycles. The first-order valence-electron chi connectivity index (χ1n) is 12.8. The third-order valence-electron chi connectivity index (χ3n) is 7.59. The third kappa shape index (κ3) is 4.88. The van der Waals surface area contributed by atoms with E-state index in [1.807, 2.05) is 36.4 Å². The number of likely N-dealkylation sites (tertiary alicyclic amines) is 1. The molecule has 2 aliphatic rings. The molecule has 0 saturated carbocycles. The van der Waals surface area contributed by atoms with Crippen LogP contribution >= 0.6 is 70.4 Å². The highest BCUT2D eigenvalue weighted by Gasteiger charge is 2.65. The molecule has 13 heteroatoms. The lowest BCUT2D eigenvalue weighted by atomic mass is 9.77. The molecule has 3 aromatic rings. The van der Waals surface area contributed by atoms with E-state index >= 15 is 0 Å². The number of imidazole rings is 1. The van der Waals surface area contributed by atoms with Crippen LogP contribution in [-0.2, 0) is 48.1 Å². The van der Waals surface area contributed by atoms with Crippen LogP contribution in [0.3, 0.4) is 0 Å². The first kappa shape index (κ1) is 31.4. The Labute approximate surface area is 282 Å². The highest BCUT2D eigenvalue weighted by Crippen LogP contribution is 2.58. The van der Waals surface area contributed by atoms with Gasteiger partial charge in [0, 0.05) is 36.3 Å². The second-order valence-corrected chi connectivity index (χ2v) is 13.6. The Balaban J connectivity index is 1.58. The number of benzene rings is 2. The molecule has 42 heavy (non-hydrogen) atoms. The molecular weight excluding hydrogens is 851 g/mol. The molecule has 5 rings (SSSR count). The number of hydrogen-bond acceptors (Lipinski definition) is 6. The van der Waals surface area contributed by atoms with Crippen molar-refractivity contribution in [2.24, 2.45) is 0 Å². The first-order chi connectivity index (χ1) is 19.9. The van der Waals surface area contributed by atoms with Gasteiger partial charge in [-0.2, -0.15) is 0 Å².